The van der Waals surface area contributed by atoms with Gasteiger partial charge in [0.1, 0.15) is 11.9 Å². The van der Waals surface area contributed by atoms with E-state index >= 15 is 0 Å². The number of anilines is 1. The van der Waals surface area contributed by atoms with E-state index in [1.54, 1.807) is 6.07 Å². The van der Waals surface area contributed by atoms with E-state index in [1.807, 2.05) is 0 Å². The van der Waals surface area contributed by atoms with Gasteiger partial charge < -0.3 is 4.90 Å². The van der Waals surface area contributed by atoms with Gasteiger partial charge in [-0.05, 0) is 31.7 Å². The van der Waals surface area contributed by atoms with Crippen LogP contribution in [0.2, 0.25) is 0 Å². The Bertz CT molecular complexity index is 467. The fourth-order valence-corrected chi connectivity index (χ4v) is 2.56. The number of rotatable bonds is 2. The summed E-state index contributed by atoms with van der Waals surface area (Å²) < 4.78 is 13.1. The topological polar surface area (TPSA) is 30.3 Å². The molecule has 0 N–H and O–H groups in total. The van der Waals surface area contributed by atoms with E-state index in [0.29, 0.717) is 11.6 Å². The fraction of sp³-hybridized carbons (Fsp3) is 0.500. The molecule has 0 amide bonds. The normalized spacial score (nSPS) is 20.8. The molecule has 1 aliphatic heterocycles. The number of hydrogen-bond acceptors (Lipinski definition) is 3. The van der Waals surface area contributed by atoms with Gasteiger partial charge >= 0.3 is 0 Å². The van der Waals surface area contributed by atoms with Crippen molar-refractivity contribution in [2.24, 2.45) is 0 Å². The third kappa shape index (κ3) is 2.46. The smallest absolute Gasteiger partial charge is 0.124 e. The van der Waals surface area contributed by atoms with E-state index in [2.05, 4.69) is 29.7 Å². The van der Waals surface area contributed by atoms with Gasteiger partial charge in [-0.25, -0.2) is 4.39 Å². The minimum Gasteiger partial charge on any atom is -0.368 e. The standard InChI is InChI=1S/C14H18FN3/c1-3-17-6-7-18(10-11(17)2)14-5-4-13(15)8-12(14)9-16/h4-5,8,11H,3,6-7,10H2,1-2H3. The van der Waals surface area contributed by atoms with Crippen molar-refractivity contribution >= 4 is 5.69 Å². The minimum atomic E-state index is -0.351. The molecule has 2 rings (SSSR count). The van der Waals surface area contributed by atoms with Gasteiger partial charge in [0.15, 0.2) is 0 Å². The molecule has 1 fully saturated rings. The Kier molecular flexibility index (Phi) is 3.83. The molecule has 1 aliphatic rings. The highest BCUT2D eigenvalue weighted by atomic mass is 19.1. The average Bonchev–Trinajstić information content (AvgIpc) is 2.38. The maximum absolute atomic E-state index is 13.1. The summed E-state index contributed by atoms with van der Waals surface area (Å²) in [6.07, 6.45) is 0. The molecule has 1 unspecified atom stereocenters. The van der Waals surface area contributed by atoms with Gasteiger partial charge in [-0.1, -0.05) is 6.92 Å². The van der Waals surface area contributed by atoms with E-state index in [-0.39, 0.29) is 5.82 Å². The average molecular weight is 247 g/mol. The van der Waals surface area contributed by atoms with Crippen LogP contribution in [0.25, 0.3) is 0 Å². The van der Waals surface area contributed by atoms with Crippen molar-refractivity contribution in [1.29, 1.82) is 5.26 Å². The molecular weight excluding hydrogens is 229 g/mol. The van der Waals surface area contributed by atoms with E-state index in [4.69, 9.17) is 5.26 Å². The summed E-state index contributed by atoms with van der Waals surface area (Å²) in [5, 5.41) is 9.08. The summed E-state index contributed by atoms with van der Waals surface area (Å²) in [6, 6.07) is 6.98. The summed E-state index contributed by atoms with van der Waals surface area (Å²) >= 11 is 0. The first-order valence-corrected chi connectivity index (χ1v) is 6.34. The molecule has 1 saturated heterocycles. The van der Waals surface area contributed by atoms with Crippen LogP contribution in [0.1, 0.15) is 19.4 Å². The second kappa shape index (κ2) is 5.36. The molecule has 1 heterocycles. The zero-order valence-electron chi connectivity index (χ0n) is 10.9. The number of nitriles is 1. The first-order chi connectivity index (χ1) is 8.65. The Morgan fingerprint density at radius 1 is 1.44 bits per heavy atom. The number of hydrogen-bond donors (Lipinski definition) is 0. The van der Waals surface area contributed by atoms with E-state index in [0.717, 1.165) is 31.9 Å². The highest BCUT2D eigenvalue weighted by molar-refractivity contribution is 5.59. The molecule has 1 atom stereocenters. The van der Waals surface area contributed by atoms with Crippen LogP contribution in [0.4, 0.5) is 10.1 Å². The van der Waals surface area contributed by atoms with E-state index < -0.39 is 0 Å². The van der Waals surface area contributed by atoms with Gasteiger partial charge in [0.2, 0.25) is 0 Å². The van der Waals surface area contributed by atoms with Crippen molar-refractivity contribution in [2.75, 3.05) is 31.1 Å². The third-order valence-corrected chi connectivity index (χ3v) is 3.59. The lowest BCUT2D eigenvalue weighted by Crippen LogP contribution is -2.51. The van der Waals surface area contributed by atoms with Crippen LogP contribution in [0.3, 0.4) is 0 Å². The molecule has 0 aliphatic carbocycles. The molecule has 0 bridgehead atoms. The van der Waals surface area contributed by atoms with Crippen LogP contribution < -0.4 is 4.90 Å². The Balaban J connectivity index is 2.21. The molecule has 0 saturated carbocycles. The lowest BCUT2D eigenvalue weighted by Gasteiger charge is -2.40. The van der Waals surface area contributed by atoms with Gasteiger partial charge in [-0.3, -0.25) is 4.90 Å². The number of piperazine rings is 1. The van der Waals surface area contributed by atoms with Crippen LogP contribution >= 0.6 is 0 Å². The van der Waals surface area contributed by atoms with E-state index in [1.165, 1.54) is 12.1 Å². The molecule has 1 aromatic carbocycles. The quantitative estimate of drug-likeness (QED) is 0.803. The predicted octanol–water partition coefficient (Wildman–Crippen LogP) is 2.23. The molecule has 18 heavy (non-hydrogen) atoms. The lowest BCUT2D eigenvalue weighted by molar-refractivity contribution is 0.199. The van der Waals surface area contributed by atoms with Crippen LogP contribution in [-0.4, -0.2) is 37.1 Å². The predicted molar refractivity (Wildman–Crippen MR) is 70.0 cm³/mol. The second-order valence-electron chi connectivity index (χ2n) is 4.70. The number of nitrogens with zero attached hydrogens (tertiary/aromatic N) is 3. The van der Waals surface area contributed by atoms with Crippen molar-refractivity contribution < 1.29 is 4.39 Å². The summed E-state index contributed by atoms with van der Waals surface area (Å²) in [6.45, 7) is 8.14. The zero-order valence-corrected chi connectivity index (χ0v) is 10.9. The highest BCUT2D eigenvalue weighted by Gasteiger charge is 2.23. The molecule has 96 valence electrons. The maximum Gasteiger partial charge on any atom is 0.124 e. The molecule has 1 aromatic rings. The first-order valence-electron chi connectivity index (χ1n) is 6.34. The highest BCUT2D eigenvalue weighted by Crippen LogP contribution is 2.23. The zero-order chi connectivity index (χ0) is 13.1. The van der Waals surface area contributed by atoms with Gasteiger partial charge in [0, 0.05) is 25.7 Å². The summed E-state index contributed by atoms with van der Waals surface area (Å²) in [5.41, 5.74) is 1.27. The van der Waals surface area contributed by atoms with Gasteiger partial charge in [-0.15, -0.1) is 0 Å². The number of halogens is 1. The van der Waals surface area contributed by atoms with Gasteiger partial charge in [0.25, 0.3) is 0 Å². The molecule has 0 aromatic heterocycles. The van der Waals surface area contributed by atoms with Gasteiger partial charge in [0.05, 0.1) is 11.3 Å². The summed E-state index contributed by atoms with van der Waals surface area (Å²) in [5.74, 6) is -0.351. The SMILES string of the molecule is CCN1CCN(c2ccc(F)cc2C#N)CC1C. The van der Waals surface area contributed by atoms with Crippen molar-refractivity contribution in [3.8, 4) is 6.07 Å². The van der Waals surface area contributed by atoms with Crippen LogP contribution in [0.15, 0.2) is 18.2 Å². The van der Waals surface area contributed by atoms with Crippen molar-refractivity contribution in [3.05, 3.63) is 29.6 Å². The fourth-order valence-electron chi connectivity index (χ4n) is 2.56. The molecule has 0 radical (unpaired) electrons. The Morgan fingerprint density at radius 2 is 2.22 bits per heavy atom. The van der Waals surface area contributed by atoms with Crippen LogP contribution in [0.5, 0.6) is 0 Å². The third-order valence-electron chi connectivity index (χ3n) is 3.59. The molecular formula is C14H18FN3. The van der Waals surface area contributed by atoms with Crippen molar-refractivity contribution in [1.82, 2.24) is 4.90 Å². The van der Waals surface area contributed by atoms with Gasteiger partial charge in [-0.2, -0.15) is 5.26 Å². The van der Waals surface area contributed by atoms with Crippen molar-refractivity contribution in [2.45, 2.75) is 19.9 Å². The number of benzene rings is 1. The molecule has 0 spiro atoms. The summed E-state index contributed by atoms with van der Waals surface area (Å²) in [7, 11) is 0. The summed E-state index contributed by atoms with van der Waals surface area (Å²) in [4.78, 5) is 4.58. The Labute approximate surface area is 107 Å². The lowest BCUT2D eigenvalue weighted by atomic mass is 10.1. The maximum atomic E-state index is 13.1. The first kappa shape index (κ1) is 12.8. The van der Waals surface area contributed by atoms with Crippen LogP contribution in [0, 0.1) is 17.1 Å². The largest absolute Gasteiger partial charge is 0.368 e. The Morgan fingerprint density at radius 3 is 2.83 bits per heavy atom. The van der Waals surface area contributed by atoms with E-state index in [9.17, 15) is 4.39 Å². The second-order valence-corrected chi connectivity index (χ2v) is 4.70. The Hall–Kier alpha value is -1.60. The van der Waals surface area contributed by atoms with Crippen LogP contribution in [-0.2, 0) is 0 Å². The monoisotopic (exact) mass is 247 g/mol. The molecule has 4 heteroatoms. The van der Waals surface area contributed by atoms with Crippen molar-refractivity contribution in [3.63, 3.8) is 0 Å². The molecule has 3 nitrogen and oxygen atoms in total. The minimum absolute atomic E-state index is 0.351. The number of likely N-dealkylation sites (N-methyl/N-ethyl adjacent to an activating group) is 1.